The van der Waals surface area contributed by atoms with E-state index in [2.05, 4.69) is 5.32 Å². The molecule has 0 bridgehead atoms. The largest absolute Gasteiger partial charge is 0.394 e. The Hall–Kier alpha value is -1.10. The molecule has 76 valence electrons. The number of aliphatic hydroxyl groups is 1. The first-order valence-corrected chi connectivity index (χ1v) is 4.44. The van der Waals surface area contributed by atoms with Gasteiger partial charge < -0.3 is 16.2 Å². The van der Waals surface area contributed by atoms with Gasteiger partial charge in [-0.3, -0.25) is 4.79 Å². The quantitative estimate of drug-likeness (QED) is 0.690. The summed E-state index contributed by atoms with van der Waals surface area (Å²) in [5, 5.41) is 11.7. The molecule has 0 heterocycles. The molecule has 0 radical (unpaired) electrons. The average Bonchev–Trinajstić information content (AvgIpc) is 2.20. The normalized spacial score (nSPS) is 12.2. The molecule has 0 saturated carbocycles. The van der Waals surface area contributed by atoms with Crippen LogP contribution in [0.15, 0.2) is 24.3 Å². The minimum atomic E-state index is -0.898. The van der Waals surface area contributed by atoms with Gasteiger partial charge in [0.25, 0.3) is 0 Å². The number of aliphatic hydroxyl groups excluding tert-OH is 1. The molecule has 0 spiro atoms. The summed E-state index contributed by atoms with van der Waals surface area (Å²) in [6.45, 7) is -0.376. The van der Waals surface area contributed by atoms with Crippen LogP contribution in [0.3, 0.4) is 0 Å². The number of hydrogen-bond donors (Lipinski definition) is 3. The number of carbonyl (C=O) groups excluding carboxylic acids is 1. The Bertz CT molecular complexity index is 313. The van der Waals surface area contributed by atoms with Gasteiger partial charge in [0.05, 0.1) is 6.61 Å². The maximum atomic E-state index is 11.2. The maximum absolute atomic E-state index is 11.2. The van der Waals surface area contributed by atoms with Gasteiger partial charge in [-0.15, -0.1) is 0 Å². The van der Waals surface area contributed by atoms with Crippen LogP contribution in [0, 0.1) is 0 Å². The fraction of sp³-hybridized carbons (Fsp3) is 0.222. The summed E-state index contributed by atoms with van der Waals surface area (Å²) >= 11 is 5.66. The van der Waals surface area contributed by atoms with Crippen molar-refractivity contribution in [3.8, 4) is 0 Å². The average molecular weight is 215 g/mol. The third-order valence-corrected chi connectivity index (χ3v) is 1.90. The molecule has 1 atom stereocenters. The molecule has 0 saturated heterocycles. The van der Waals surface area contributed by atoms with Crippen molar-refractivity contribution in [1.82, 2.24) is 0 Å². The Morgan fingerprint density at radius 3 is 2.57 bits per heavy atom. The van der Waals surface area contributed by atoms with Crippen molar-refractivity contribution in [3.05, 3.63) is 29.3 Å². The Balaban J connectivity index is 2.60. The van der Waals surface area contributed by atoms with Crippen LogP contribution >= 0.6 is 11.6 Å². The molecule has 0 aromatic heterocycles. The molecule has 0 fully saturated rings. The number of hydrogen-bond acceptors (Lipinski definition) is 3. The molecule has 0 aliphatic carbocycles. The zero-order valence-electron chi connectivity index (χ0n) is 7.40. The number of benzene rings is 1. The monoisotopic (exact) mass is 214 g/mol. The number of rotatable bonds is 3. The lowest BCUT2D eigenvalue weighted by Crippen LogP contribution is -2.38. The van der Waals surface area contributed by atoms with E-state index in [1.165, 1.54) is 0 Å². The Morgan fingerprint density at radius 2 is 2.07 bits per heavy atom. The topological polar surface area (TPSA) is 75.3 Å². The fourth-order valence-electron chi connectivity index (χ4n) is 0.851. The van der Waals surface area contributed by atoms with Crippen molar-refractivity contribution < 1.29 is 9.90 Å². The van der Waals surface area contributed by atoms with Gasteiger partial charge in [-0.05, 0) is 24.3 Å². The highest BCUT2D eigenvalue weighted by Gasteiger charge is 2.11. The third kappa shape index (κ3) is 2.99. The second-order valence-corrected chi connectivity index (χ2v) is 3.22. The zero-order valence-corrected chi connectivity index (χ0v) is 8.16. The standard InChI is InChI=1S/C9H11ClN2O2/c10-6-1-3-7(4-2-6)12-9(14)8(11)5-13/h1-4,8,13H,5,11H2,(H,12,14). The summed E-state index contributed by atoms with van der Waals surface area (Å²) < 4.78 is 0. The molecule has 0 aliphatic rings. The molecular formula is C9H11ClN2O2. The van der Waals surface area contributed by atoms with Crippen molar-refractivity contribution in [2.24, 2.45) is 5.73 Å². The summed E-state index contributed by atoms with van der Waals surface area (Å²) in [6, 6.07) is 5.73. The Morgan fingerprint density at radius 1 is 1.50 bits per heavy atom. The molecule has 1 aromatic rings. The van der Waals surface area contributed by atoms with Crippen LogP contribution < -0.4 is 11.1 Å². The van der Waals surface area contributed by atoms with Gasteiger partial charge in [-0.25, -0.2) is 0 Å². The lowest BCUT2D eigenvalue weighted by Gasteiger charge is -2.09. The summed E-state index contributed by atoms with van der Waals surface area (Å²) in [6.07, 6.45) is 0. The van der Waals surface area contributed by atoms with Gasteiger partial charge >= 0.3 is 0 Å². The number of amides is 1. The molecule has 1 amide bonds. The van der Waals surface area contributed by atoms with Crippen molar-refractivity contribution in [2.45, 2.75) is 6.04 Å². The SMILES string of the molecule is NC(CO)C(=O)Nc1ccc(Cl)cc1. The van der Waals surface area contributed by atoms with Crippen LogP contribution in [0.2, 0.25) is 5.02 Å². The Labute approximate surface area is 86.7 Å². The summed E-state index contributed by atoms with van der Waals surface area (Å²) in [5.74, 6) is -0.421. The van der Waals surface area contributed by atoms with Gasteiger partial charge in [0.15, 0.2) is 0 Å². The van der Waals surface area contributed by atoms with Crippen LogP contribution in [0.25, 0.3) is 0 Å². The van der Waals surface area contributed by atoms with Crippen LogP contribution in [0.4, 0.5) is 5.69 Å². The second-order valence-electron chi connectivity index (χ2n) is 2.79. The van der Waals surface area contributed by atoms with E-state index in [4.69, 9.17) is 22.4 Å². The predicted octanol–water partition coefficient (Wildman–Crippen LogP) is 0.598. The van der Waals surface area contributed by atoms with E-state index >= 15 is 0 Å². The maximum Gasteiger partial charge on any atom is 0.243 e. The number of carbonyl (C=O) groups is 1. The minimum absolute atomic E-state index is 0.376. The molecule has 5 heteroatoms. The molecule has 14 heavy (non-hydrogen) atoms. The van der Waals surface area contributed by atoms with E-state index in [9.17, 15) is 4.79 Å². The Kier molecular flexibility index (Phi) is 3.88. The molecule has 0 aliphatic heterocycles. The van der Waals surface area contributed by atoms with Crippen LogP contribution in [0.1, 0.15) is 0 Å². The van der Waals surface area contributed by atoms with Gasteiger partial charge in [0.2, 0.25) is 5.91 Å². The van der Waals surface area contributed by atoms with Crippen LogP contribution in [-0.2, 0) is 4.79 Å². The number of anilines is 1. The van der Waals surface area contributed by atoms with E-state index in [0.29, 0.717) is 10.7 Å². The van der Waals surface area contributed by atoms with Gasteiger partial charge in [0, 0.05) is 10.7 Å². The highest BCUT2D eigenvalue weighted by molar-refractivity contribution is 6.30. The number of nitrogens with one attached hydrogen (secondary N) is 1. The summed E-state index contributed by atoms with van der Waals surface area (Å²) in [7, 11) is 0. The van der Waals surface area contributed by atoms with E-state index in [-0.39, 0.29) is 6.61 Å². The molecule has 1 aromatic carbocycles. The van der Waals surface area contributed by atoms with Gasteiger partial charge in [-0.1, -0.05) is 11.6 Å². The smallest absolute Gasteiger partial charge is 0.243 e. The van der Waals surface area contributed by atoms with Gasteiger partial charge in [0.1, 0.15) is 6.04 Å². The molecule has 1 unspecified atom stereocenters. The fourth-order valence-corrected chi connectivity index (χ4v) is 0.977. The van der Waals surface area contributed by atoms with Crippen molar-refractivity contribution in [2.75, 3.05) is 11.9 Å². The second kappa shape index (κ2) is 4.95. The predicted molar refractivity (Wildman–Crippen MR) is 55.1 cm³/mol. The van der Waals surface area contributed by atoms with Crippen LogP contribution in [-0.4, -0.2) is 23.7 Å². The van der Waals surface area contributed by atoms with E-state index < -0.39 is 11.9 Å². The van der Waals surface area contributed by atoms with E-state index in [1.807, 2.05) is 0 Å². The summed E-state index contributed by atoms with van der Waals surface area (Å²) in [5.41, 5.74) is 5.91. The summed E-state index contributed by atoms with van der Waals surface area (Å²) in [4.78, 5) is 11.2. The zero-order chi connectivity index (χ0) is 10.6. The first-order valence-electron chi connectivity index (χ1n) is 4.06. The van der Waals surface area contributed by atoms with Gasteiger partial charge in [-0.2, -0.15) is 0 Å². The van der Waals surface area contributed by atoms with Crippen molar-refractivity contribution >= 4 is 23.2 Å². The molecule has 4 N–H and O–H groups in total. The first kappa shape index (κ1) is 11.0. The lowest BCUT2D eigenvalue weighted by molar-refractivity contribution is -0.118. The van der Waals surface area contributed by atoms with Crippen LogP contribution in [0.5, 0.6) is 0 Å². The highest BCUT2D eigenvalue weighted by Crippen LogP contribution is 2.13. The number of halogens is 1. The third-order valence-electron chi connectivity index (χ3n) is 1.65. The van der Waals surface area contributed by atoms with E-state index in [0.717, 1.165) is 0 Å². The highest BCUT2D eigenvalue weighted by atomic mass is 35.5. The molecule has 4 nitrogen and oxygen atoms in total. The van der Waals surface area contributed by atoms with Crippen molar-refractivity contribution in [3.63, 3.8) is 0 Å². The van der Waals surface area contributed by atoms with Crippen molar-refractivity contribution in [1.29, 1.82) is 0 Å². The minimum Gasteiger partial charge on any atom is -0.394 e. The lowest BCUT2D eigenvalue weighted by atomic mass is 10.2. The number of nitrogens with two attached hydrogens (primary N) is 1. The molecule has 1 rings (SSSR count). The first-order chi connectivity index (χ1) is 6.63. The molecular weight excluding hydrogens is 204 g/mol. The van der Waals surface area contributed by atoms with E-state index in [1.54, 1.807) is 24.3 Å².